The Morgan fingerprint density at radius 1 is 1.10 bits per heavy atom. The van der Waals surface area contributed by atoms with Gasteiger partial charge in [-0.2, -0.15) is 0 Å². The third-order valence-corrected chi connectivity index (χ3v) is 5.08. The molecule has 1 atom stereocenters. The Kier molecular flexibility index (Phi) is 23.1. The van der Waals surface area contributed by atoms with Crippen molar-refractivity contribution >= 4 is 22.8 Å². The molecule has 0 aromatic heterocycles. The molecule has 0 amide bonds. The van der Waals surface area contributed by atoms with E-state index in [4.69, 9.17) is 9.73 Å². The van der Waals surface area contributed by atoms with E-state index in [0.717, 1.165) is 33.4 Å². The number of thioether (sulfide) groups is 1. The Bertz CT molecular complexity index is 581. The van der Waals surface area contributed by atoms with E-state index in [2.05, 4.69) is 32.1 Å². The van der Waals surface area contributed by atoms with Gasteiger partial charge in [0.15, 0.2) is 0 Å². The highest BCUT2D eigenvalue weighted by Crippen LogP contribution is 2.28. The smallest absolute Gasteiger partial charge is 0.305 e. The molecule has 0 saturated heterocycles. The molecule has 1 unspecified atom stereocenters. The number of hydrogen-bond donors (Lipinski definition) is 0. The number of hydrogen-bond acceptors (Lipinski definition) is 5. The van der Waals surface area contributed by atoms with Gasteiger partial charge in [-0.15, -0.1) is 0 Å². The van der Waals surface area contributed by atoms with Crippen LogP contribution in [0.15, 0.2) is 51.7 Å². The standard InChI is InChI=1S/C18H29NOS.C4H8O2.C2H6/c1-9-13(3)18(19-15(5)10-2)21-17(7)14(4)11-12-16(6)20-8;1-3-4(5)6-2;1-2/h10-13H,7,9H2,1-6,8H3;3H2,1-2H3;1-2H3/b14-11-,15-10-,16-12+,19-18?;;. The monoisotopic (exact) mass is 425 g/mol. The van der Waals surface area contributed by atoms with Crippen molar-refractivity contribution in [1.29, 1.82) is 0 Å². The third-order valence-electron chi connectivity index (χ3n) is 3.81. The molecule has 0 saturated carbocycles. The van der Waals surface area contributed by atoms with E-state index in [1.54, 1.807) is 25.8 Å². The van der Waals surface area contributed by atoms with Crippen LogP contribution in [0, 0.1) is 5.92 Å². The predicted octanol–water partition coefficient (Wildman–Crippen LogP) is 7.69. The zero-order valence-electron chi connectivity index (χ0n) is 20.5. The van der Waals surface area contributed by atoms with E-state index >= 15 is 0 Å². The zero-order chi connectivity index (χ0) is 23.4. The Morgan fingerprint density at radius 2 is 1.66 bits per heavy atom. The summed E-state index contributed by atoms with van der Waals surface area (Å²) in [6.07, 6.45) is 7.56. The number of carbonyl (C=O) groups is 1. The number of methoxy groups -OCH3 is 2. The molecule has 0 aromatic rings. The van der Waals surface area contributed by atoms with E-state index < -0.39 is 0 Å². The van der Waals surface area contributed by atoms with E-state index in [1.807, 2.05) is 52.8 Å². The normalized spacial score (nSPS) is 13.3. The molecule has 5 heteroatoms. The van der Waals surface area contributed by atoms with Crippen LogP contribution in [0.2, 0.25) is 0 Å². The Balaban J connectivity index is -0.000000716. The lowest BCUT2D eigenvalue weighted by molar-refractivity contribution is -0.140. The average Bonchev–Trinajstić information content (AvgIpc) is 2.76. The van der Waals surface area contributed by atoms with Gasteiger partial charge in [-0.05, 0) is 45.8 Å². The van der Waals surface area contributed by atoms with Gasteiger partial charge in [0.25, 0.3) is 0 Å². The molecule has 0 spiro atoms. The lowest BCUT2D eigenvalue weighted by Crippen LogP contribution is -2.06. The summed E-state index contributed by atoms with van der Waals surface area (Å²) in [4.78, 5) is 15.7. The number of carbonyl (C=O) groups excluding carboxylic acids is 1. The lowest BCUT2D eigenvalue weighted by atomic mass is 10.1. The molecule has 0 N–H and O–H groups in total. The quantitative estimate of drug-likeness (QED) is 0.131. The summed E-state index contributed by atoms with van der Waals surface area (Å²) in [6, 6.07) is 0. The van der Waals surface area contributed by atoms with Crippen molar-refractivity contribution in [3.63, 3.8) is 0 Å². The molecule has 29 heavy (non-hydrogen) atoms. The first-order valence-corrected chi connectivity index (χ1v) is 11.0. The SMILES string of the molecule is C=C(SC(=N/C(C)=C\C)C(C)CC)/C(C)=C\C=C(/C)OC.CC.CCC(=O)OC. The Labute approximate surface area is 184 Å². The van der Waals surface area contributed by atoms with Gasteiger partial charge in [-0.3, -0.25) is 9.79 Å². The van der Waals surface area contributed by atoms with Crippen LogP contribution in [0.1, 0.15) is 75.2 Å². The van der Waals surface area contributed by atoms with Crippen LogP contribution in [0.4, 0.5) is 0 Å². The van der Waals surface area contributed by atoms with Crippen LogP contribution in [-0.2, 0) is 14.3 Å². The summed E-state index contributed by atoms with van der Waals surface area (Å²) < 4.78 is 9.39. The van der Waals surface area contributed by atoms with Gasteiger partial charge in [0.1, 0.15) is 0 Å². The number of nitrogens with zero attached hydrogens (tertiary/aromatic N) is 1. The van der Waals surface area contributed by atoms with Crippen LogP contribution in [0.5, 0.6) is 0 Å². The average molecular weight is 426 g/mol. The predicted molar refractivity (Wildman–Crippen MR) is 131 cm³/mol. The molecule has 0 aliphatic heterocycles. The van der Waals surface area contributed by atoms with Crippen LogP contribution in [-0.4, -0.2) is 25.2 Å². The highest BCUT2D eigenvalue weighted by molar-refractivity contribution is 8.17. The minimum atomic E-state index is -0.157. The Morgan fingerprint density at radius 3 is 2.00 bits per heavy atom. The number of rotatable bonds is 8. The second kappa shape index (κ2) is 21.0. The summed E-state index contributed by atoms with van der Waals surface area (Å²) in [5.41, 5.74) is 2.17. The fraction of sp³-hybridized carbons (Fsp3) is 0.583. The van der Waals surface area contributed by atoms with Crippen molar-refractivity contribution < 1.29 is 14.3 Å². The van der Waals surface area contributed by atoms with Gasteiger partial charge in [-0.25, -0.2) is 0 Å². The molecule has 4 nitrogen and oxygen atoms in total. The molecular weight excluding hydrogens is 382 g/mol. The van der Waals surface area contributed by atoms with Crippen molar-refractivity contribution in [1.82, 2.24) is 0 Å². The summed E-state index contributed by atoms with van der Waals surface area (Å²) in [6.45, 7) is 22.3. The van der Waals surface area contributed by atoms with Crippen molar-refractivity contribution in [2.24, 2.45) is 10.9 Å². The minimum absolute atomic E-state index is 0.157. The summed E-state index contributed by atoms with van der Waals surface area (Å²) in [5, 5.41) is 1.12. The molecule has 168 valence electrons. The second-order valence-electron chi connectivity index (χ2n) is 5.98. The van der Waals surface area contributed by atoms with Crippen LogP contribution < -0.4 is 0 Å². The molecule has 0 aliphatic rings. The molecule has 0 aliphatic carbocycles. The molecule has 0 fully saturated rings. The topological polar surface area (TPSA) is 47.9 Å². The first-order chi connectivity index (χ1) is 13.7. The number of aliphatic imine (C=N–C) groups is 1. The van der Waals surface area contributed by atoms with Crippen molar-refractivity contribution in [2.45, 2.75) is 75.2 Å². The molecule has 0 rings (SSSR count). The summed E-state index contributed by atoms with van der Waals surface area (Å²) in [5.74, 6) is 1.16. The van der Waals surface area contributed by atoms with Gasteiger partial charge < -0.3 is 9.47 Å². The number of esters is 1. The second-order valence-corrected chi connectivity index (χ2v) is 7.09. The van der Waals surface area contributed by atoms with Crippen molar-refractivity contribution in [3.05, 3.63) is 46.7 Å². The summed E-state index contributed by atoms with van der Waals surface area (Å²) >= 11 is 1.66. The van der Waals surface area contributed by atoms with Crippen LogP contribution in [0.3, 0.4) is 0 Å². The molecule has 0 heterocycles. The highest BCUT2D eigenvalue weighted by Gasteiger charge is 2.12. The van der Waals surface area contributed by atoms with E-state index in [-0.39, 0.29) is 5.97 Å². The summed E-state index contributed by atoms with van der Waals surface area (Å²) in [7, 11) is 3.05. The molecular formula is C24H43NO3S. The van der Waals surface area contributed by atoms with Gasteiger partial charge >= 0.3 is 5.97 Å². The fourth-order valence-electron chi connectivity index (χ4n) is 1.40. The Hall–Kier alpha value is -1.75. The highest BCUT2D eigenvalue weighted by atomic mass is 32.2. The van der Waals surface area contributed by atoms with Crippen molar-refractivity contribution in [3.8, 4) is 0 Å². The van der Waals surface area contributed by atoms with Crippen LogP contribution in [0.25, 0.3) is 0 Å². The van der Waals surface area contributed by atoms with E-state index in [0.29, 0.717) is 12.3 Å². The zero-order valence-corrected chi connectivity index (χ0v) is 21.3. The lowest BCUT2D eigenvalue weighted by Gasteiger charge is -2.14. The van der Waals surface area contributed by atoms with E-state index in [1.165, 1.54) is 7.11 Å². The minimum Gasteiger partial charge on any atom is -0.501 e. The van der Waals surface area contributed by atoms with Crippen molar-refractivity contribution in [2.75, 3.05) is 14.2 Å². The first kappa shape index (κ1) is 31.9. The first-order valence-electron chi connectivity index (χ1n) is 10.2. The van der Waals surface area contributed by atoms with Crippen LogP contribution >= 0.6 is 11.8 Å². The largest absolute Gasteiger partial charge is 0.501 e. The van der Waals surface area contributed by atoms with Gasteiger partial charge in [0.2, 0.25) is 0 Å². The molecule has 0 bridgehead atoms. The van der Waals surface area contributed by atoms with Gasteiger partial charge in [0.05, 0.1) is 25.0 Å². The number of allylic oxidation sites excluding steroid dienone is 6. The number of ether oxygens (including phenoxy) is 2. The fourth-order valence-corrected chi connectivity index (χ4v) is 2.44. The molecule has 0 radical (unpaired) electrons. The molecule has 0 aromatic carbocycles. The maximum Gasteiger partial charge on any atom is 0.305 e. The van der Waals surface area contributed by atoms with Gasteiger partial charge in [0, 0.05) is 22.9 Å². The van der Waals surface area contributed by atoms with E-state index in [9.17, 15) is 4.79 Å². The van der Waals surface area contributed by atoms with Gasteiger partial charge in [-0.1, -0.05) is 65.1 Å². The maximum atomic E-state index is 9.96. The maximum absolute atomic E-state index is 9.96. The third kappa shape index (κ3) is 18.0.